The van der Waals surface area contributed by atoms with Gasteiger partial charge in [0.2, 0.25) is 0 Å². The summed E-state index contributed by atoms with van der Waals surface area (Å²) < 4.78 is 13.3. The maximum Gasteiger partial charge on any atom is 0.141 e. The van der Waals surface area contributed by atoms with E-state index in [0.29, 0.717) is 12.6 Å². The lowest BCUT2D eigenvalue weighted by atomic mass is 10.1. The summed E-state index contributed by atoms with van der Waals surface area (Å²) in [6.45, 7) is 8.11. The highest BCUT2D eigenvalue weighted by molar-refractivity contribution is 5.47. The van der Waals surface area contributed by atoms with E-state index in [1.807, 2.05) is 7.05 Å². The number of nitrogens with zero attached hydrogens (tertiary/aromatic N) is 2. The topological polar surface area (TPSA) is 28.2 Å². The van der Waals surface area contributed by atoms with Crippen molar-refractivity contribution in [3.8, 4) is 0 Å². The molecule has 0 aromatic carbocycles. The number of anilines is 1. The Balaban J connectivity index is 2.93. The molecule has 0 amide bonds. The van der Waals surface area contributed by atoms with Gasteiger partial charge < -0.3 is 10.2 Å². The van der Waals surface area contributed by atoms with E-state index < -0.39 is 0 Å². The van der Waals surface area contributed by atoms with Crippen LogP contribution in [0.5, 0.6) is 0 Å². The van der Waals surface area contributed by atoms with E-state index in [4.69, 9.17) is 0 Å². The van der Waals surface area contributed by atoms with Crippen molar-refractivity contribution < 1.29 is 4.39 Å². The molecule has 1 aromatic rings. The first-order valence-electron chi connectivity index (χ1n) is 7.15. The van der Waals surface area contributed by atoms with Gasteiger partial charge in [-0.05, 0) is 33.4 Å². The van der Waals surface area contributed by atoms with Gasteiger partial charge in [-0.3, -0.25) is 0 Å². The molecule has 0 aliphatic heterocycles. The molecule has 0 saturated carbocycles. The quantitative estimate of drug-likeness (QED) is 0.732. The first-order chi connectivity index (χ1) is 9.10. The van der Waals surface area contributed by atoms with Gasteiger partial charge in [-0.25, -0.2) is 9.37 Å². The third-order valence-corrected chi connectivity index (χ3v) is 3.17. The van der Waals surface area contributed by atoms with Gasteiger partial charge in [-0.2, -0.15) is 0 Å². The number of nitrogens with one attached hydrogen (secondary N) is 1. The van der Waals surface area contributed by atoms with E-state index in [-0.39, 0.29) is 5.82 Å². The molecule has 108 valence electrons. The van der Waals surface area contributed by atoms with Crippen LogP contribution in [0.4, 0.5) is 10.2 Å². The molecule has 0 spiro atoms. The minimum Gasteiger partial charge on any atom is -0.354 e. The highest BCUT2D eigenvalue weighted by atomic mass is 19.1. The second-order valence-corrected chi connectivity index (χ2v) is 5.16. The van der Waals surface area contributed by atoms with Gasteiger partial charge in [-0.1, -0.05) is 19.8 Å². The Bertz CT molecular complexity index is 380. The molecule has 3 nitrogen and oxygen atoms in total. The van der Waals surface area contributed by atoms with Gasteiger partial charge in [0.1, 0.15) is 11.6 Å². The molecule has 0 radical (unpaired) electrons. The molecule has 19 heavy (non-hydrogen) atoms. The van der Waals surface area contributed by atoms with Gasteiger partial charge in [0.15, 0.2) is 0 Å². The summed E-state index contributed by atoms with van der Waals surface area (Å²) >= 11 is 0. The highest BCUT2D eigenvalue weighted by Crippen LogP contribution is 2.21. The molecular formula is C15H26FN3. The average Bonchev–Trinajstić information content (AvgIpc) is 2.36. The molecule has 0 atom stereocenters. The lowest BCUT2D eigenvalue weighted by Gasteiger charge is -2.29. The van der Waals surface area contributed by atoms with E-state index in [1.165, 1.54) is 19.0 Å². The number of hydrogen-bond donors (Lipinski definition) is 1. The molecule has 0 saturated heterocycles. The number of aromatic nitrogens is 1. The van der Waals surface area contributed by atoms with Crippen LogP contribution in [0.1, 0.15) is 45.6 Å². The molecule has 0 aliphatic carbocycles. The van der Waals surface area contributed by atoms with E-state index in [2.05, 4.69) is 36.0 Å². The van der Waals surface area contributed by atoms with Gasteiger partial charge in [0.05, 0.1) is 6.20 Å². The zero-order valence-electron chi connectivity index (χ0n) is 12.5. The first kappa shape index (κ1) is 15.9. The van der Waals surface area contributed by atoms with Gasteiger partial charge in [-0.15, -0.1) is 0 Å². The molecule has 1 rings (SSSR count). The van der Waals surface area contributed by atoms with Crippen LogP contribution in [0.2, 0.25) is 0 Å². The van der Waals surface area contributed by atoms with Gasteiger partial charge >= 0.3 is 0 Å². The van der Waals surface area contributed by atoms with Crippen molar-refractivity contribution in [1.82, 2.24) is 10.3 Å². The SMILES string of the molecule is CCCCCN(c1ncc(F)cc1CNC)C(C)C. The maximum absolute atomic E-state index is 13.3. The van der Waals surface area contributed by atoms with E-state index in [1.54, 1.807) is 6.07 Å². The van der Waals surface area contributed by atoms with Crippen molar-refractivity contribution in [2.24, 2.45) is 0 Å². The van der Waals surface area contributed by atoms with Crippen molar-refractivity contribution in [2.45, 2.75) is 52.6 Å². The molecule has 1 N–H and O–H groups in total. The predicted octanol–water partition coefficient (Wildman–Crippen LogP) is 3.35. The summed E-state index contributed by atoms with van der Waals surface area (Å²) in [5, 5.41) is 3.08. The van der Waals surface area contributed by atoms with Crippen molar-refractivity contribution >= 4 is 5.82 Å². The fraction of sp³-hybridized carbons (Fsp3) is 0.667. The third kappa shape index (κ3) is 4.78. The minimum atomic E-state index is -0.272. The van der Waals surface area contributed by atoms with Gasteiger partial charge in [0.25, 0.3) is 0 Å². The fourth-order valence-electron chi connectivity index (χ4n) is 2.19. The van der Waals surface area contributed by atoms with Crippen LogP contribution in [0.15, 0.2) is 12.3 Å². The van der Waals surface area contributed by atoms with Crippen LogP contribution in [0.25, 0.3) is 0 Å². The summed E-state index contributed by atoms with van der Waals surface area (Å²) in [7, 11) is 1.87. The number of hydrogen-bond acceptors (Lipinski definition) is 3. The van der Waals surface area contributed by atoms with E-state index in [0.717, 1.165) is 24.3 Å². The average molecular weight is 267 g/mol. The number of rotatable bonds is 8. The second-order valence-electron chi connectivity index (χ2n) is 5.16. The van der Waals surface area contributed by atoms with E-state index in [9.17, 15) is 4.39 Å². The Hall–Kier alpha value is -1.16. The molecule has 4 heteroatoms. The summed E-state index contributed by atoms with van der Waals surface area (Å²) in [5.41, 5.74) is 0.924. The third-order valence-electron chi connectivity index (χ3n) is 3.17. The smallest absolute Gasteiger partial charge is 0.141 e. The number of unbranched alkanes of at least 4 members (excludes halogenated alkanes) is 2. The second kappa shape index (κ2) is 8.10. The largest absolute Gasteiger partial charge is 0.354 e. The summed E-state index contributed by atoms with van der Waals surface area (Å²) in [6, 6.07) is 1.94. The molecule has 1 heterocycles. The summed E-state index contributed by atoms with van der Waals surface area (Å²) in [5.74, 6) is 0.633. The molecule has 0 unspecified atom stereocenters. The summed E-state index contributed by atoms with van der Waals surface area (Å²) in [4.78, 5) is 6.57. The lowest BCUT2D eigenvalue weighted by molar-refractivity contribution is 0.597. The van der Waals surface area contributed by atoms with Gasteiger partial charge in [0, 0.05) is 24.7 Å². The molecular weight excluding hydrogens is 241 g/mol. The fourth-order valence-corrected chi connectivity index (χ4v) is 2.19. The Labute approximate surface area is 116 Å². The Morgan fingerprint density at radius 3 is 2.68 bits per heavy atom. The first-order valence-corrected chi connectivity index (χ1v) is 7.15. The molecule has 0 fully saturated rings. The minimum absolute atomic E-state index is 0.272. The molecule has 0 bridgehead atoms. The Kier molecular flexibility index (Phi) is 6.78. The van der Waals surface area contributed by atoms with Crippen molar-refractivity contribution in [3.05, 3.63) is 23.6 Å². The zero-order chi connectivity index (χ0) is 14.3. The van der Waals surface area contributed by atoms with Crippen LogP contribution < -0.4 is 10.2 Å². The lowest BCUT2D eigenvalue weighted by Crippen LogP contribution is -2.34. The number of halogens is 1. The Morgan fingerprint density at radius 1 is 1.37 bits per heavy atom. The Morgan fingerprint density at radius 2 is 2.11 bits per heavy atom. The standard InChI is InChI=1S/C15H26FN3/c1-5-6-7-8-19(12(2)3)15-13(10-17-4)9-14(16)11-18-15/h9,11-12,17H,5-8,10H2,1-4H3. The molecule has 1 aromatic heterocycles. The highest BCUT2D eigenvalue weighted by Gasteiger charge is 2.16. The van der Waals surface area contributed by atoms with Crippen LogP contribution in [-0.2, 0) is 6.54 Å². The predicted molar refractivity (Wildman–Crippen MR) is 79.0 cm³/mol. The maximum atomic E-state index is 13.3. The van der Waals surface area contributed by atoms with Crippen molar-refractivity contribution in [1.29, 1.82) is 0 Å². The number of pyridine rings is 1. The van der Waals surface area contributed by atoms with E-state index >= 15 is 0 Å². The van der Waals surface area contributed by atoms with Crippen LogP contribution >= 0.6 is 0 Å². The van der Waals surface area contributed by atoms with Crippen LogP contribution in [0.3, 0.4) is 0 Å². The van der Waals surface area contributed by atoms with Crippen molar-refractivity contribution in [2.75, 3.05) is 18.5 Å². The van der Waals surface area contributed by atoms with Crippen molar-refractivity contribution in [3.63, 3.8) is 0 Å². The molecule has 0 aliphatic rings. The normalized spacial score (nSPS) is 11.1. The van der Waals surface area contributed by atoms with Crippen LogP contribution in [0, 0.1) is 5.82 Å². The zero-order valence-corrected chi connectivity index (χ0v) is 12.5. The van der Waals surface area contributed by atoms with Crippen LogP contribution in [-0.4, -0.2) is 24.6 Å². The monoisotopic (exact) mass is 267 g/mol. The summed E-state index contributed by atoms with van der Waals surface area (Å²) in [6.07, 6.45) is 4.87.